The summed E-state index contributed by atoms with van der Waals surface area (Å²) in [5, 5.41) is 0. The summed E-state index contributed by atoms with van der Waals surface area (Å²) < 4.78 is 0. The van der Waals surface area contributed by atoms with Crippen molar-refractivity contribution in [2.24, 2.45) is 46.8 Å². The quantitative estimate of drug-likeness (QED) is 0.444. The van der Waals surface area contributed by atoms with Gasteiger partial charge in [-0.15, -0.1) is 6.58 Å². The Hall–Kier alpha value is -1.30. The Bertz CT molecular complexity index is 658. The maximum absolute atomic E-state index is 3.93. The van der Waals surface area contributed by atoms with Crippen molar-refractivity contribution in [2.45, 2.75) is 59.8 Å². The highest BCUT2D eigenvalue weighted by atomic mass is 14.6. The Morgan fingerprint density at radius 2 is 1.56 bits per heavy atom. The van der Waals surface area contributed by atoms with E-state index in [-0.39, 0.29) is 0 Å². The molecule has 0 aromatic rings. The van der Waals surface area contributed by atoms with Gasteiger partial charge in [0.05, 0.1) is 0 Å². The van der Waals surface area contributed by atoms with E-state index >= 15 is 0 Å². The molecular weight excluding hydrogens is 324 g/mol. The summed E-state index contributed by atoms with van der Waals surface area (Å²) in [6.07, 6.45) is 24.0. The normalized spacial score (nSPS) is 40.4. The lowest BCUT2D eigenvalue weighted by molar-refractivity contribution is 0.0721. The zero-order valence-corrected chi connectivity index (χ0v) is 17.8. The third kappa shape index (κ3) is 3.34. The second-order valence-corrected chi connectivity index (χ2v) is 10.4. The van der Waals surface area contributed by atoms with Crippen LogP contribution < -0.4 is 0 Å². The van der Waals surface area contributed by atoms with E-state index in [1.807, 2.05) is 0 Å². The molecule has 0 heterocycles. The van der Waals surface area contributed by atoms with Crippen molar-refractivity contribution in [3.8, 4) is 0 Å². The molecule has 0 nitrogen and oxygen atoms in total. The van der Waals surface area contributed by atoms with Crippen molar-refractivity contribution in [1.82, 2.24) is 0 Å². The van der Waals surface area contributed by atoms with Crippen molar-refractivity contribution >= 4 is 0 Å². The van der Waals surface area contributed by atoms with Gasteiger partial charge in [0.25, 0.3) is 0 Å². The standard InChI is InChI=1S/C27H38/c1-6-7-8-20-11-12-21(17-20)27(4,5)26-24-15-18(2)9-13-22(24)23-14-10-19(3)16-25(23)26/h6,9-10,13-16,20-26H,1,7-8,11-12,17H2,2-5H3. The van der Waals surface area contributed by atoms with Crippen LogP contribution in [0, 0.1) is 46.8 Å². The molecule has 0 spiro atoms. The molecule has 0 N–H and O–H groups in total. The summed E-state index contributed by atoms with van der Waals surface area (Å²) in [5.41, 5.74) is 3.33. The third-order valence-electron chi connectivity index (χ3n) is 8.47. The molecule has 0 amide bonds. The Morgan fingerprint density at radius 3 is 2.11 bits per heavy atom. The molecule has 4 aliphatic carbocycles. The molecule has 146 valence electrons. The van der Waals surface area contributed by atoms with Gasteiger partial charge < -0.3 is 0 Å². The minimum Gasteiger partial charge on any atom is -0.103 e. The first-order valence-electron chi connectivity index (χ1n) is 11.3. The van der Waals surface area contributed by atoms with Crippen LogP contribution in [-0.2, 0) is 0 Å². The molecule has 0 bridgehead atoms. The molecule has 27 heavy (non-hydrogen) atoms. The fourth-order valence-electron chi connectivity index (χ4n) is 7.07. The number of rotatable bonds is 5. The Kier molecular flexibility index (Phi) is 5.12. The minimum atomic E-state index is 0.398. The molecule has 6 unspecified atom stereocenters. The van der Waals surface area contributed by atoms with Crippen LogP contribution in [0.25, 0.3) is 0 Å². The lowest BCUT2D eigenvalue weighted by Crippen LogP contribution is -2.38. The van der Waals surface area contributed by atoms with Crippen LogP contribution in [0.15, 0.2) is 60.3 Å². The van der Waals surface area contributed by atoms with Gasteiger partial charge in [-0.2, -0.15) is 0 Å². The van der Waals surface area contributed by atoms with Gasteiger partial charge in [-0.3, -0.25) is 0 Å². The van der Waals surface area contributed by atoms with Gasteiger partial charge in [-0.1, -0.05) is 73.9 Å². The third-order valence-corrected chi connectivity index (χ3v) is 8.47. The monoisotopic (exact) mass is 362 g/mol. The first kappa shape index (κ1) is 19.0. The number of hydrogen-bond acceptors (Lipinski definition) is 0. The predicted octanol–water partition coefficient (Wildman–Crippen LogP) is 7.52. The van der Waals surface area contributed by atoms with Crippen LogP contribution in [0.4, 0.5) is 0 Å². The summed E-state index contributed by atoms with van der Waals surface area (Å²) in [6, 6.07) is 0. The van der Waals surface area contributed by atoms with Crippen molar-refractivity contribution in [3.05, 3.63) is 60.3 Å². The van der Waals surface area contributed by atoms with Gasteiger partial charge >= 0.3 is 0 Å². The van der Waals surface area contributed by atoms with Gasteiger partial charge in [-0.05, 0) is 86.4 Å². The van der Waals surface area contributed by atoms with E-state index in [1.54, 1.807) is 0 Å². The van der Waals surface area contributed by atoms with Crippen LogP contribution in [0.5, 0.6) is 0 Å². The first-order chi connectivity index (χ1) is 12.9. The van der Waals surface area contributed by atoms with Crippen LogP contribution in [-0.4, -0.2) is 0 Å². The average molecular weight is 363 g/mol. The molecule has 4 aliphatic rings. The molecule has 4 rings (SSSR count). The highest BCUT2D eigenvalue weighted by Crippen LogP contribution is 2.61. The van der Waals surface area contributed by atoms with Crippen LogP contribution >= 0.6 is 0 Å². The van der Waals surface area contributed by atoms with Crippen molar-refractivity contribution in [2.75, 3.05) is 0 Å². The van der Waals surface area contributed by atoms with E-state index in [9.17, 15) is 0 Å². The van der Waals surface area contributed by atoms with E-state index < -0.39 is 0 Å². The minimum absolute atomic E-state index is 0.398. The van der Waals surface area contributed by atoms with Crippen molar-refractivity contribution in [3.63, 3.8) is 0 Å². The summed E-state index contributed by atoms with van der Waals surface area (Å²) in [4.78, 5) is 0. The molecule has 0 aliphatic heterocycles. The van der Waals surface area contributed by atoms with Gasteiger partial charge in [0.15, 0.2) is 0 Å². The molecule has 0 heteroatoms. The van der Waals surface area contributed by atoms with Gasteiger partial charge in [0.1, 0.15) is 0 Å². The molecule has 2 fully saturated rings. The SMILES string of the molecule is C=CCCC1CCC(C(C)(C)C2C3C=C(C)C=CC3C3C=CC(C)=CC32)C1. The lowest BCUT2D eigenvalue weighted by Gasteiger charge is -2.44. The largest absolute Gasteiger partial charge is 0.103 e. The summed E-state index contributed by atoms with van der Waals surface area (Å²) in [7, 11) is 0. The topological polar surface area (TPSA) is 0 Å². The predicted molar refractivity (Wildman–Crippen MR) is 117 cm³/mol. The summed E-state index contributed by atoms with van der Waals surface area (Å²) >= 11 is 0. The fraction of sp³-hybridized carbons (Fsp3) is 0.630. The Morgan fingerprint density at radius 1 is 0.963 bits per heavy atom. The number of hydrogen-bond donors (Lipinski definition) is 0. The fourth-order valence-corrected chi connectivity index (χ4v) is 7.07. The molecule has 0 aromatic carbocycles. The van der Waals surface area contributed by atoms with Gasteiger partial charge in [0.2, 0.25) is 0 Å². The van der Waals surface area contributed by atoms with Gasteiger partial charge in [-0.25, -0.2) is 0 Å². The molecule has 0 radical (unpaired) electrons. The van der Waals surface area contributed by atoms with E-state index in [2.05, 4.69) is 76.8 Å². The molecular formula is C27H38. The van der Waals surface area contributed by atoms with Crippen molar-refractivity contribution in [1.29, 1.82) is 0 Å². The maximum atomic E-state index is 3.93. The maximum Gasteiger partial charge on any atom is -0.00952 e. The van der Waals surface area contributed by atoms with E-state index in [0.717, 1.165) is 17.8 Å². The zero-order chi connectivity index (χ0) is 19.2. The van der Waals surface area contributed by atoms with Crippen LogP contribution in [0.2, 0.25) is 0 Å². The van der Waals surface area contributed by atoms with E-state index in [1.165, 1.54) is 43.3 Å². The average Bonchev–Trinajstić information content (AvgIpc) is 3.22. The summed E-state index contributed by atoms with van der Waals surface area (Å²) in [5.74, 6) is 5.36. The van der Waals surface area contributed by atoms with Gasteiger partial charge in [0, 0.05) is 0 Å². The number of fused-ring (bicyclic) bond motifs is 3. The van der Waals surface area contributed by atoms with Crippen molar-refractivity contribution < 1.29 is 0 Å². The molecule has 6 atom stereocenters. The Labute approximate surface area is 167 Å². The highest BCUT2D eigenvalue weighted by molar-refractivity contribution is 5.35. The zero-order valence-electron chi connectivity index (χ0n) is 17.8. The molecule has 0 aromatic heterocycles. The molecule has 0 saturated heterocycles. The lowest BCUT2D eigenvalue weighted by atomic mass is 9.61. The highest BCUT2D eigenvalue weighted by Gasteiger charge is 2.55. The molecule has 2 saturated carbocycles. The van der Waals surface area contributed by atoms with E-state index in [0.29, 0.717) is 29.1 Å². The van der Waals surface area contributed by atoms with Crippen LogP contribution in [0.1, 0.15) is 59.8 Å². The first-order valence-corrected chi connectivity index (χ1v) is 11.3. The number of allylic oxidation sites excluding steroid dienone is 9. The summed E-state index contributed by atoms with van der Waals surface area (Å²) in [6.45, 7) is 13.7. The second kappa shape index (κ2) is 7.26. The second-order valence-electron chi connectivity index (χ2n) is 10.4. The smallest absolute Gasteiger partial charge is 0.00952 e. The van der Waals surface area contributed by atoms with E-state index in [4.69, 9.17) is 0 Å². The van der Waals surface area contributed by atoms with Crippen LogP contribution in [0.3, 0.4) is 0 Å². The Balaban J connectivity index is 1.63.